The highest BCUT2D eigenvalue weighted by molar-refractivity contribution is 5.95. The van der Waals surface area contributed by atoms with E-state index in [4.69, 9.17) is 10.2 Å². The van der Waals surface area contributed by atoms with Crippen LogP contribution in [-0.4, -0.2) is 41.0 Å². The van der Waals surface area contributed by atoms with Gasteiger partial charge in [-0.25, -0.2) is 0 Å². The van der Waals surface area contributed by atoms with E-state index < -0.39 is 11.9 Å². The Morgan fingerprint density at radius 2 is 1.71 bits per heavy atom. The molecule has 0 radical (unpaired) electrons. The Balaban J connectivity index is 2.82. The Morgan fingerprint density at radius 3 is 2.29 bits per heavy atom. The molecule has 0 saturated carbocycles. The number of carbonyl (C=O) groups excluding carboxylic acids is 1. The van der Waals surface area contributed by atoms with Crippen LogP contribution < -0.4 is 4.90 Å². The van der Waals surface area contributed by atoms with Gasteiger partial charge in [0.15, 0.2) is 5.78 Å². The van der Waals surface area contributed by atoms with Crippen molar-refractivity contribution in [3.8, 4) is 0 Å². The van der Waals surface area contributed by atoms with Crippen LogP contribution in [0.25, 0.3) is 0 Å². The Kier molecular flexibility index (Phi) is 6.39. The molecule has 0 bridgehead atoms. The van der Waals surface area contributed by atoms with Crippen molar-refractivity contribution >= 4 is 23.4 Å². The number of hydrogen-bond acceptors (Lipinski definition) is 4. The molecule has 0 amide bonds. The summed E-state index contributed by atoms with van der Waals surface area (Å²) < 4.78 is 0. The minimum atomic E-state index is -0.916. The van der Waals surface area contributed by atoms with E-state index in [0.29, 0.717) is 18.5 Å². The molecule has 0 saturated heterocycles. The number of nitrogens with zero attached hydrogens (tertiary/aromatic N) is 1. The molecule has 1 rings (SSSR count). The average molecular weight is 293 g/mol. The van der Waals surface area contributed by atoms with Gasteiger partial charge in [-0.1, -0.05) is 12.1 Å². The zero-order valence-corrected chi connectivity index (χ0v) is 11.9. The summed E-state index contributed by atoms with van der Waals surface area (Å²) >= 11 is 0. The quantitative estimate of drug-likeness (QED) is 0.676. The molecule has 0 fully saturated rings. The van der Waals surface area contributed by atoms with Crippen LogP contribution in [0.4, 0.5) is 5.69 Å². The van der Waals surface area contributed by atoms with E-state index in [1.54, 1.807) is 29.2 Å². The van der Waals surface area contributed by atoms with Crippen LogP contribution in [0.5, 0.6) is 0 Å². The molecule has 21 heavy (non-hydrogen) atoms. The van der Waals surface area contributed by atoms with Gasteiger partial charge in [-0.3, -0.25) is 14.4 Å². The number of benzene rings is 1. The van der Waals surface area contributed by atoms with Crippen molar-refractivity contribution in [3.05, 3.63) is 29.8 Å². The van der Waals surface area contributed by atoms with Crippen LogP contribution in [-0.2, 0) is 9.59 Å². The summed E-state index contributed by atoms with van der Waals surface area (Å²) in [7, 11) is 0. The summed E-state index contributed by atoms with van der Waals surface area (Å²) in [5.41, 5.74) is 1.28. The molecule has 2 N–H and O–H groups in total. The van der Waals surface area contributed by atoms with Crippen LogP contribution in [0.15, 0.2) is 24.3 Å². The highest BCUT2D eigenvalue weighted by Gasteiger charge is 2.11. The van der Waals surface area contributed by atoms with Crippen molar-refractivity contribution in [3.63, 3.8) is 0 Å². The summed E-state index contributed by atoms with van der Waals surface area (Å²) in [6, 6.07) is 6.91. The van der Waals surface area contributed by atoms with Crippen molar-refractivity contribution in [2.75, 3.05) is 18.0 Å². The first-order valence-corrected chi connectivity index (χ1v) is 6.69. The summed E-state index contributed by atoms with van der Waals surface area (Å²) in [4.78, 5) is 34.5. The smallest absolute Gasteiger partial charge is 0.305 e. The average Bonchev–Trinajstić information content (AvgIpc) is 2.42. The molecule has 0 aliphatic heterocycles. The summed E-state index contributed by atoms with van der Waals surface area (Å²) in [6.07, 6.45) is 0.395. The standard InChI is InChI=1S/C15H19NO5/c1-11(17)12-4-2-5-13(10-12)16(9-7-15(20)21)8-3-6-14(18)19/h2,4-5,10H,3,6-9H2,1H3,(H,18,19)(H,20,21). The number of hydrogen-bond donors (Lipinski definition) is 2. The molecule has 0 aromatic heterocycles. The monoisotopic (exact) mass is 293 g/mol. The zero-order chi connectivity index (χ0) is 15.8. The minimum absolute atomic E-state index is 0.0238. The normalized spacial score (nSPS) is 10.1. The van der Waals surface area contributed by atoms with E-state index in [-0.39, 0.29) is 25.2 Å². The lowest BCUT2D eigenvalue weighted by atomic mass is 10.1. The maximum Gasteiger partial charge on any atom is 0.305 e. The second kappa shape index (κ2) is 8.04. The Bertz CT molecular complexity index is 527. The third-order valence-corrected chi connectivity index (χ3v) is 3.03. The third kappa shape index (κ3) is 6.07. The summed E-state index contributed by atoms with van der Waals surface area (Å²) in [5.74, 6) is -1.87. The summed E-state index contributed by atoms with van der Waals surface area (Å²) in [6.45, 7) is 2.17. The van der Waals surface area contributed by atoms with Gasteiger partial charge in [0.25, 0.3) is 0 Å². The van der Waals surface area contributed by atoms with E-state index in [1.807, 2.05) is 0 Å². The molecule has 6 nitrogen and oxygen atoms in total. The predicted molar refractivity (Wildman–Crippen MR) is 77.8 cm³/mol. The van der Waals surface area contributed by atoms with Crippen molar-refractivity contribution in [2.45, 2.75) is 26.2 Å². The fourth-order valence-corrected chi connectivity index (χ4v) is 1.94. The van der Waals surface area contributed by atoms with Crippen molar-refractivity contribution in [1.29, 1.82) is 0 Å². The van der Waals surface area contributed by atoms with Crippen LogP contribution in [0, 0.1) is 0 Å². The number of anilines is 1. The van der Waals surface area contributed by atoms with Crippen LogP contribution in [0.1, 0.15) is 36.5 Å². The van der Waals surface area contributed by atoms with Crippen molar-refractivity contribution in [2.24, 2.45) is 0 Å². The zero-order valence-electron chi connectivity index (χ0n) is 11.9. The maximum atomic E-state index is 11.4. The maximum absolute atomic E-state index is 11.4. The van der Waals surface area contributed by atoms with Gasteiger partial charge in [-0.2, -0.15) is 0 Å². The lowest BCUT2D eigenvalue weighted by Gasteiger charge is -2.24. The number of Topliss-reactive ketones (excluding diaryl/α,β-unsaturated/α-hetero) is 1. The highest BCUT2D eigenvalue weighted by Crippen LogP contribution is 2.18. The fraction of sp³-hybridized carbons (Fsp3) is 0.400. The number of ketones is 1. The molecule has 114 valence electrons. The molecule has 1 aromatic carbocycles. The van der Waals surface area contributed by atoms with Gasteiger partial charge in [-0.15, -0.1) is 0 Å². The molecule has 0 spiro atoms. The molecule has 6 heteroatoms. The largest absolute Gasteiger partial charge is 0.481 e. The molecule has 1 aromatic rings. The number of carboxylic acids is 2. The van der Waals surface area contributed by atoms with Gasteiger partial charge in [0.2, 0.25) is 0 Å². The first-order chi connectivity index (χ1) is 9.90. The lowest BCUT2D eigenvalue weighted by molar-refractivity contribution is -0.138. The van der Waals surface area contributed by atoms with Crippen LogP contribution >= 0.6 is 0 Å². The number of rotatable bonds is 9. The molecule has 0 aliphatic rings. The lowest BCUT2D eigenvalue weighted by Crippen LogP contribution is -2.27. The SMILES string of the molecule is CC(=O)c1cccc(N(CCCC(=O)O)CCC(=O)O)c1. The van der Waals surface area contributed by atoms with Gasteiger partial charge in [0, 0.05) is 30.8 Å². The second-order valence-corrected chi connectivity index (χ2v) is 4.73. The van der Waals surface area contributed by atoms with E-state index in [9.17, 15) is 14.4 Å². The number of aliphatic carboxylic acids is 2. The van der Waals surface area contributed by atoms with Gasteiger partial charge >= 0.3 is 11.9 Å². The van der Waals surface area contributed by atoms with E-state index in [0.717, 1.165) is 5.69 Å². The molecular formula is C15H19NO5. The van der Waals surface area contributed by atoms with Crippen LogP contribution in [0.3, 0.4) is 0 Å². The second-order valence-electron chi connectivity index (χ2n) is 4.73. The van der Waals surface area contributed by atoms with Gasteiger partial charge < -0.3 is 15.1 Å². The predicted octanol–water partition coefficient (Wildman–Crippen LogP) is 2.04. The molecular weight excluding hydrogens is 274 g/mol. The number of carbonyl (C=O) groups is 3. The minimum Gasteiger partial charge on any atom is -0.481 e. The van der Waals surface area contributed by atoms with Gasteiger partial charge in [-0.05, 0) is 25.5 Å². The Labute approximate surface area is 123 Å². The Morgan fingerprint density at radius 1 is 1.05 bits per heavy atom. The first-order valence-electron chi connectivity index (χ1n) is 6.69. The van der Waals surface area contributed by atoms with Gasteiger partial charge in [0.1, 0.15) is 0 Å². The van der Waals surface area contributed by atoms with E-state index >= 15 is 0 Å². The molecule has 0 heterocycles. The highest BCUT2D eigenvalue weighted by atomic mass is 16.4. The van der Waals surface area contributed by atoms with E-state index in [1.165, 1.54) is 6.92 Å². The topological polar surface area (TPSA) is 94.9 Å². The number of carboxylic acid groups (broad SMARTS) is 2. The molecule has 0 unspecified atom stereocenters. The fourth-order valence-electron chi connectivity index (χ4n) is 1.94. The summed E-state index contributed by atoms with van der Waals surface area (Å²) in [5, 5.41) is 17.5. The van der Waals surface area contributed by atoms with Crippen LogP contribution in [0.2, 0.25) is 0 Å². The third-order valence-electron chi connectivity index (χ3n) is 3.03. The Hall–Kier alpha value is -2.37. The molecule has 0 atom stereocenters. The van der Waals surface area contributed by atoms with Crippen molar-refractivity contribution in [1.82, 2.24) is 0 Å². The molecule has 0 aliphatic carbocycles. The van der Waals surface area contributed by atoms with Gasteiger partial charge in [0.05, 0.1) is 6.42 Å². The first kappa shape index (κ1) is 16.7. The van der Waals surface area contributed by atoms with E-state index in [2.05, 4.69) is 0 Å². The van der Waals surface area contributed by atoms with Crippen molar-refractivity contribution < 1.29 is 24.6 Å².